The lowest BCUT2D eigenvalue weighted by Crippen LogP contribution is -2.21. The summed E-state index contributed by atoms with van der Waals surface area (Å²) in [6, 6.07) is 10.2. The molecule has 0 aliphatic carbocycles. The van der Waals surface area contributed by atoms with Crippen molar-refractivity contribution in [1.82, 2.24) is 0 Å². The molecular formula is C22H32N2O3S. The van der Waals surface area contributed by atoms with Gasteiger partial charge in [-0.3, -0.25) is 9.59 Å². The van der Waals surface area contributed by atoms with Gasteiger partial charge in [0.05, 0.1) is 12.8 Å². The van der Waals surface area contributed by atoms with Crippen molar-refractivity contribution in [3.63, 3.8) is 0 Å². The highest BCUT2D eigenvalue weighted by Gasteiger charge is 2.25. The van der Waals surface area contributed by atoms with Crippen LogP contribution in [0.25, 0.3) is 5.53 Å². The van der Waals surface area contributed by atoms with Gasteiger partial charge in [0.25, 0.3) is 0 Å². The first-order valence-corrected chi connectivity index (χ1v) is 11.1. The highest BCUT2D eigenvalue weighted by Crippen LogP contribution is 2.31. The van der Waals surface area contributed by atoms with E-state index in [9.17, 15) is 9.59 Å². The van der Waals surface area contributed by atoms with E-state index in [1.54, 1.807) is 11.8 Å². The smallest absolute Gasteiger partial charge is 0.335 e. The monoisotopic (exact) mass is 404 g/mol. The van der Waals surface area contributed by atoms with Crippen molar-refractivity contribution in [2.75, 3.05) is 11.5 Å². The minimum atomic E-state index is -0.762. The first-order valence-electron chi connectivity index (χ1n) is 9.98. The maximum absolute atomic E-state index is 12.2. The normalized spacial score (nSPS) is 12.8. The standard InChI is InChI=1S/C22H32N2O3S/c1-3-22(2,17-21(26)27)14-16-28-15-13-19(24-23)20(25)12-8-7-11-18-9-5-4-6-10-18/h4-6,9-10H,3,7-8,11-17H2,1-2H3,(H,26,27). The molecule has 1 aromatic carbocycles. The average Bonchev–Trinajstić information content (AvgIpc) is 2.68. The fourth-order valence-corrected chi connectivity index (χ4v) is 4.17. The van der Waals surface area contributed by atoms with Crippen molar-refractivity contribution in [2.24, 2.45) is 5.41 Å². The molecule has 0 radical (unpaired) electrons. The molecule has 1 rings (SSSR count). The van der Waals surface area contributed by atoms with Crippen LogP contribution < -0.4 is 0 Å². The molecule has 1 unspecified atom stereocenters. The predicted octanol–water partition coefficient (Wildman–Crippen LogP) is 5.04. The first kappa shape index (κ1) is 24.1. The van der Waals surface area contributed by atoms with E-state index in [0.29, 0.717) is 18.6 Å². The van der Waals surface area contributed by atoms with Crippen molar-refractivity contribution in [3.8, 4) is 0 Å². The third-order valence-corrected chi connectivity index (χ3v) is 6.16. The van der Waals surface area contributed by atoms with Crippen LogP contribution in [0.5, 0.6) is 0 Å². The Morgan fingerprint density at radius 3 is 2.46 bits per heavy atom. The summed E-state index contributed by atoms with van der Waals surface area (Å²) in [7, 11) is 0. The van der Waals surface area contributed by atoms with Crippen LogP contribution in [0.4, 0.5) is 0 Å². The fraction of sp³-hybridized carbons (Fsp3) is 0.591. The number of nitrogens with zero attached hydrogens (tertiary/aromatic N) is 2. The molecule has 1 atom stereocenters. The molecule has 0 fully saturated rings. The van der Waals surface area contributed by atoms with Crippen molar-refractivity contribution in [2.45, 2.75) is 65.2 Å². The molecule has 0 saturated heterocycles. The molecule has 0 saturated carbocycles. The van der Waals surface area contributed by atoms with E-state index in [1.807, 2.05) is 32.0 Å². The molecule has 6 heteroatoms. The van der Waals surface area contributed by atoms with Gasteiger partial charge in [-0.15, -0.1) is 0 Å². The number of rotatable bonds is 15. The number of carbonyl (C=O) groups is 2. The summed E-state index contributed by atoms with van der Waals surface area (Å²) in [4.78, 5) is 26.4. The third kappa shape index (κ3) is 9.86. The minimum absolute atomic E-state index is 0.0829. The maximum Gasteiger partial charge on any atom is 0.335 e. The number of benzene rings is 1. The molecule has 154 valence electrons. The number of unbranched alkanes of at least 4 members (excludes halogenated alkanes) is 1. The van der Waals surface area contributed by atoms with Crippen molar-refractivity contribution < 1.29 is 19.5 Å². The Kier molecular flexibility index (Phi) is 11.5. The minimum Gasteiger partial charge on any atom is -0.481 e. The van der Waals surface area contributed by atoms with Gasteiger partial charge in [-0.1, -0.05) is 50.6 Å². The lowest BCUT2D eigenvalue weighted by atomic mass is 9.81. The zero-order valence-electron chi connectivity index (χ0n) is 17.0. The molecule has 1 N–H and O–H groups in total. The van der Waals surface area contributed by atoms with Crippen LogP contribution in [-0.2, 0) is 16.0 Å². The van der Waals surface area contributed by atoms with Crippen LogP contribution in [0.1, 0.15) is 64.4 Å². The topological polar surface area (TPSA) is 90.8 Å². The summed E-state index contributed by atoms with van der Waals surface area (Å²) in [5, 5.41) is 9.01. The Labute approximate surface area is 172 Å². The van der Waals surface area contributed by atoms with E-state index in [1.165, 1.54) is 5.56 Å². The molecule has 0 aromatic heterocycles. The largest absolute Gasteiger partial charge is 0.481 e. The molecule has 1 aromatic rings. The summed E-state index contributed by atoms with van der Waals surface area (Å²) < 4.78 is 0. The van der Waals surface area contributed by atoms with Crippen molar-refractivity contribution in [1.29, 1.82) is 0 Å². The second kappa shape index (κ2) is 13.3. The van der Waals surface area contributed by atoms with Gasteiger partial charge in [0.15, 0.2) is 0 Å². The zero-order valence-corrected chi connectivity index (χ0v) is 17.8. The second-order valence-corrected chi connectivity index (χ2v) is 8.73. The zero-order chi connectivity index (χ0) is 20.8. The molecular weight excluding hydrogens is 372 g/mol. The van der Waals surface area contributed by atoms with Gasteiger partial charge in [-0.05, 0) is 42.4 Å². The van der Waals surface area contributed by atoms with Crippen LogP contribution in [0.3, 0.4) is 0 Å². The summed E-state index contributed by atoms with van der Waals surface area (Å²) in [5.41, 5.74) is 10.5. The van der Waals surface area contributed by atoms with E-state index in [0.717, 1.165) is 37.9 Å². The molecule has 0 bridgehead atoms. The number of hydrogen-bond donors (Lipinski definition) is 1. The lowest BCUT2D eigenvalue weighted by Gasteiger charge is -2.25. The Balaban J connectivity index is 2.23. The van der Waals surface area contributed by atoms with Gasteiger partial charge in [-0.2, -0.15) is 16.6 Å². The number of carboxylic acid groups (broad SMARTS) is 1. The van der Waals surface area contributed by atoms with E-state index in [2.05, 4.69) is 16.9 Å². The van der Waals surface area contributed by atoms with Gasteiger partial charge < -0.3 is 10.6 Å². The van der Waals surface area contributed by atoms with Crippen LogP contribution in [0, 0.1) is 5.41 Å². The first-order chi connectivity index (χ1) is 13.4. The van der Waals surface area contributed by atoms with Crippen LogP contribution >= 0.6 is 11.8 Å². The molecule has 0 aliphatic rings. The second-order valence-electron chi connectivity index (χ2n) is 7.51. The summed E-state index contributed by atoms with van der Waals surface area (Å²) >= 11 is 1.67. The predicted molar refractivity (Wildman–Crippen MR) is 115 cm³/mol. The maximum atomic E-state index is 12.2. The van der Waals surface area contributed by atoms with Crippen LogP contribution in [0.2, 0.25) is 0 Å². The average molecular weight is 405 g/mol. The van der Waals surface area contributed by atoms with E-state index >= 15 is 0 Å². The Bertz CT molecular complexity index is 672. The number of Topliss-reactive ketones (excluding diaryl/α,β-unsaturated/α-hetero) is 1. The van der Waals surface area contributed by atoms with Gasteiger partial charge in [-0.25, -0.2) is 0 Å². The molecule has 0 amide bonds. The fourth-order valence-electron chi connectivity index (χ4n) is 2.99. The lowest BCUT2D eigenvalue weighted by molar-refractivity contribution is -0.139. The van der Waals surface area contributed by atoms with Crippen molar-refractivity contribution in [3.05, 3.63) is 41.4 Å². The van der Waals surface area contributed by atoms with Crippen LogP contribution in [-0.4, -0.2) is 38.9 Å². The number of aliphatic carboxylic acids is 1. The highest BCUT2D eigenvalue weighted by atomic mass is 32.2. The number of carboxylic acids is 1. The molecule has 0 spiro atoms. The van der Waals surface area contributed by atoms with E-state index in [4.69, 9.17) is 10.6 Å². The van der Waals surface area contributed by atoms with E-state index < -0.39 is 5.97 Å². The quantitative estimate of drug-likeness (QED) is 0.192. The third-order valence-electron chi connectivity index (χ3n) is 5.17. The van der Waals surface area contributed by atoms with Gasteiger partial charge >= 0.3 is 11.7 Å². The molecule has 0 aliphatic heterocycles. The molecule has 28 heavy (non-hydrogen) atoms. The number of hydrogen-bond acceptors (Lipinski definition) is 3. The summed E-state index contributed by atoms with van der Waals surface area (Å²) in [6.07, 6.45) is 5.33. The van der Waals surface area contributed by atoms with Gasteiger partial charge in [0, 0.05) is 12.2 Å². The Hall–Kier alpha value is -1.91. The number of carbonyl (C=O) groups excluding carboxylic acids is 1. The Morgan fingerprint density at radius 2 is 1.86 bits per heavy atom. The molecule has 5 nitrogen and oxygen atoms in total. The number of aryl methyl sites for hydroxylation is 1. The molecule has 0 heterocycles. The Morgan fingerprint density at radius 1 is 1.14 bits per heavy atom. The number of thioether (sulfide) groups is 1. The van der Waals surface area contributed by atoms with Gasteiger partial charge in [0.2, 0.25) is 5.78 Å². The van der Waals surface area contributed by atoms with Gasteiger partial charge in [0.1, 0.15) is 0 Å². The number of ketones is 1. The van der Waals surface area contributed by atoms with Crippen molar-refractivity contribution >= 4 is 29.2 Å². The summed E-state index contributed by atoms with van der Waals surface area (Å²) in [6.45, 7) is 4.02. The summed E-state index contributed by atoms with van der Waals surface area (Å²) in [5.74, 6) is 0.686. The highest BCUT2D eigenvalue weighted by molar-refractivity contribution is 7.99. The van der Waals surface area contributed by atoms with Crippen LogP contribution in [0.15, 0.2) is 30.3 Å². The van der Waals surface area contributed by atoms with E-state index in [-0.39, 0.29) is 23.3 Å². The SMILES string of the molecule is CCC(C)(CCSCCC(=[N+]=[N-])C(=O)CCCCc1ccccc1)CC(=O)O.